The van der Waals surface area contributed by atoms with E-state index in [1.807, 2.05) is 24.3 Å². The van der Waals surface area contributed by atoms with Crippen LogP contribution < -0.4 is 0 Å². The number of hydrogen-bond acceptors (Lipinski definition) is 2. The lowest BCUT2D eigenvalue weighted by molar-refractivity contribution is 0.449. The van der Waals surface area contributed by atoms with Crippen molar-refractivity contribution >= 4 is 0 Å². The average Bonchev–Trinajstić information content (AvgIpc) is 2.53. The van der Waals surface area contributed by atoms with Gasteiger partial charge >= 0.3 is 0 Å². The topological polar surface area (TPSA) is 40.5 Å². The lowest BCUT2D eigenvalue weighted by Gasteiger charge is -2.21. The fourth-order valence-electron chi connectivity index (χ4n) is 3.20. The molecule has 2 nitrogen and oxygen atoms in total. The molecule has 0 heterocycles. The van der Waals surface area contributed by atoms with Crippen molar-refractivity contribution in [2.45, 2.75) is 65.2 Å². The van der Waals surface area contributed by atoms with E-state index in [0.717, 1.165) is 35.1 Å². The van der Waals surface area contributed by atoms with E-state index in [1.165, 1.54) is 0 Å². The summed E-state index contributed by atoms with van der Waals surface area (Å²) in [5.74, 6) is 1.43. The highest BCUT2D eigenvalue weighted by Crippen LogP contribution is 2.40. The molecule has 2 aromatic carbocycles. The van der Waals surface area contributed by atoms with Crippen LogP contribution in [-0.2, 0) is 0 Å². The van der Waals surface area contributed by atoms with E-state index >= 15 is 0 Å². The van der Waals surface area contributed by atoms with E-state index < -0.39 is 0 Å². The summed E-state index contributed by atoms with van der Waals surface area (Å²) in [6, 6.07) is 11.9. The highest BCUT2D eigenvalue weighted by molar-refractivity contribution is 5.49. The molecule has 2 heteroatoms. The van der Waals surface area contributed by atoms with Gasteiger partial charge in [-0.25, -0.2) is 0 Å². The van der Waals surface area contributed by atoms with Crippen LogP contribution in [0.3, 0.4) is 0 Å². The van der Waals surface area contributed by atoms with E-state index in [4.69, 9.17) is 0 Å². The normalized spacial score (nSPS) is 11.7. The van der Waals surface area contributed by atoms with Gasteiger partial charge in [0.1, 0.15) is 11.5 Å². The van der Waals surface area contributed by atoms with Gasteiger partial charge in [-0.3, -0.25) is 0 Å². The minimum Gasteiger partial charge on any atom is -0.508 e. The fraction of sp³-hybridized carbons (Fsp3) is 0.455. The van der Waals surface area contributed by atoms with Crippen molar-refractivity contribution in [3.8, 4) is 11.5 Å². The zero-order valence-electron chi connectivity index (χ0n) is 15.5. The Balaban J connectivity index is 2.47. The van der Waals surface area contributed by atoms with Crippen LogP contribution in [0.5, 0.6) is 11.5 Å². The Morgan fingerprint density at radius 2 is 1.17 bits per heavy atom. The maximum atomic E-state index is 10.6. The highest BCUT2D eigenvalue weighted by Gasteiger charge is 2.21. The Bertz CT molecular complexity index is 629. The molecule has 0 aliphatic rings. The largest absolute Gasteiger partial charge is 0.508 e. The van der Waals surface area contributed by atoms with Crippen LogP contribution in [0.1, 0.15) is 87.5 Å². The van der Waals surface area contributed by atoms with Gasteiger partial charge in [0, 0.05) is 17.0 Å². The SMILES string of the molecule is CCCC(c1ccc(C(C)C)cc1O)c1ccc(C(C)C)cc1O. The van der Waals surface area contributed by atoms with Gasteiger partial charge < -0.3 is 10.2 Å². The smallest absolute Gasteiger partial charge is 0.119 e. The number of hydrogen-bond donors (Lipinski definition) is 2. The van der Waals surface area contributed by atoms with Crippen molar-refractivity contribution in [2.75, 3.05) is 0 Å². The van der Waals surface area contributed by atoms with Crippen molar-refractivity contribution in [3.63, 3.8) is 0 Å². The molecule has 24 heavy (non-hydrogen) atoms. The summed E-state index contributed by atoms with van der Waals surface area (Å²) in [4.78, 5) is 0. The van der Waals surface area contributed by atoms with E-state index in [-0.39, 0.29) is 5.92 Å². The zero-order valence-corrected chi connectivity index (χ0v) is 15.5. The Hall–Kier alpha value is -1.96. The second-order valence-electron chi connectivity index (χ2n) is 7.29. The monoisotopic (exact) mass is 326 g/mol. The fourth-order valence-corrected chi connectivity index (χ4v) is 3.20. The first-order chi connectivity index (χ1) is 11.3. The maximum Gasteiger partial charge on any atom is 0.119 e. The third-order valence-corrected chi connectivity index (χ3v) is 4.77. The molecule has 0 atom stereocenters. The first kappa shape index (κ1) is 18.4. The molecule has 0 saturated carbocycles. The molecule has 0 saturated heterocycles. The minimum absolute atomic E-state index is 0.0115. The highest BCUT2D eigenvalue weighted by atomic mass is 16.3. The summed E-state index contributed by atoms with van der Waals surface area (Å²) in [6.45, 7) is 10.6. The Morgan fingerprint density at radius 3 is 1.46 bits per heavy atom. The van der Waals surface area contributed by atoms with Crippen molar-refractivity contribution in [1.82, 2.24) is 0 Å². The van der Waals surface area contributed by atoms with Crippen molar-refractivity contribution in [2.24, 2.45) is 0 Å². The number of aromatic hydroxyl groups is 2. The molecule has 0 radical (unpaired) electrons. The second-order valence-corrected chi connectivity index (χ2v) is 7.29. The van der Waals surface area contributed by atoms with Gasteiger partial charge in [-0.1, -0.05) is 65.3 Å². The van der Waals surface area contributed by atoms with Crippen molar-refractivity contribution < 1.29 is 10.2 Å². The van der Waals surface area contributed by atoms with Gasteiger partial charge in [-0.15, -0.1) is 0 Å². The predicted octanol–water partition coefficient (Wildman–Crippen LogP) is 6.28. The maximum absolute atomic E-state index is 10.6. The van der Waals surface area contributed by atoms with Crippen LogP contribution in [0.15, 0.2) is 36.4 Å². The van der Waals surface area contributed by atoms with Gasteiger partial charge in [0.15, 0.2) is 0 Å². The summed E-state index contributed by atoms with van der Waals surface area (Å²) in [5, 5.41) is 21.1. The van der Waals surface area contributed by atoms with Gasteiger partial charge in [0.25, 0.3) is 0 Å². The van der Waals surface area contributed by atoms with Crippen molar-refractivity contribution in [3.05, 3.63) is 58.7 Å². The molecule has 2 N–H and O–H groups in total. The number of benzene rings is 2. The first-order valence-electron chi connectivity index (χ1n) is 9.00. The minimum atomic E-state index is 0.0115. The summed E-state index contributed by atoms with van der Waals surface area (Å²) in [7, 11) is 0. The first-order valence-corrected chi connectivity index (χ1v) is 9.00. The molecular weight excluding hydrogens is 296 g/mol. The Morgan fingerprint density at radius 1 is 0.750 bits per heavy atom. The van der Waals surface area contributed by atoms with Crippen LogP contribution >= 0.6 is 0 Å². The molecule has 130 valence electrons. The molecule has 0 aromatic heterocycles. The second kappa shape index (κ2) is 7.74. The molecule has 2 rings (SSSR count). The quantitative estimate of drug-likeness (QED) is 0.656. The summed E-state index contributed by atoms with van der Waals surface area (Å²) >= 11 is 0. The summed E-state index contributed by atoms with van der Waals surface area (Å²) in [6.07, 6.45) is 1.88. The van der Waals surface area contributed by atoms with Gasteiger partial charge in [0.2, 0.25) is 0 Å². The van der Waals surface area contributed by atoms with E-state index in [0.29, 0.717) is 23.3 Å². The standard InChI is InChI=1S/C22H30O2/c1-6-7-18(19-10-8-16(14(2)3)12-21(19)23)20-11-9-17(15(4)5)13-22(20)24/h8-15,18,23-24H,6-7H2,1-5H3. The molecule has 2 aromatic rings. The van der Waals surface area contributed by atoms with Crippen LogP contribution in [-0.4, -0.2) is 10.2 Å². The molecule has 0 amide bonds. The van der Waals surface area contributed by atoms with Crippen LogP contribution in [0.4, 0.5) is 0 Å². The number of rotatable bonds is 6. The van der Waals surface area contributed by atoms with Gasteiger partial charge in [0.05, 0.1) is 0 Å². The lowest BCUT2D eigenvalue weighted by Crippen LogP contribution is -2.03. The Labute approximate surface area is 146 Å². The van der Waals surface area contributed by atoms with E-state index in [1.54, 1.807) is 0 Å². The molecule has 0 unspecified atom stereocenters. The Kier molecular flexibility index (Phi) is 5.93. The third-order valence-electron chi connectivity index (χ3n) is 4.77. The van der Waals surface area contributed by atoms with E-state index in [9.17, 15) is 10.2 Å². The van der Waals surface area contributed by atoms with Gasteiger partial charge in [-0.05, 0) is 41.5 Å². The third kappa shape index (κ3) is 3.92. The van der Waals surface area contributed by atoms with Gasteiger partial charge in [-0.2, -0.15) is 0 Å². The number of phenols is 2. The van der Waals surface area contributed by atoms with Crippen LogP contribution in [0.2, 0.25) is 0 Å². The molecule has 0 aliphatic heterocycles. The summed E-state index contributed by atoms with van der Waals surface area (Å²) in [5.41, 5.74) is 4.06. The number of phenolic OH excluding ortho intramolecular Hbond substituents is 2. The predicted molar refractivity (Wildman–Crippen MR) is 101 cm³/mol. The average molecular weight is 326 g/mol. The van der Waals surface area contributed by atoms with Crippen molar-refractivity contribution in [1.29, 1.82) is 0 Å². The zero-order chi connectivity index (χ0) is 17.9. The van der Waals surface area contributed by atoms with Crippen LogP contribution in [0.25, 0.3) is 0 Å². The molecular formula is C22H30O2. The van der Waals surface area contributed by atoms with Crippen LogP contribution in [0, 0.1) is 0 Å². The molecule has 0 spiro atoms. The summed E-state index contributed by atoms with van der Waals surface area (Å²) < 4.78 is 0. The molecule has 0 aliphatic carbocycles. The van der Waals surface area contributed by atoms with E-state index in [2.05, 4.69) is 46.8 Å². The molecule has 0 fully saturated rings. The molecule has 0 bridgehead atoms. The lowest BCUT2D eigenvalue weighted by atomic mass is 9.84.